The van der Waals surface area contributed by atoms with E-state index >= 15 is 0 Å². The van der Waals surface area contributed by atoms with Crippen molar-refractivity contribution < 1.29 is 9.53 Å². The number of benzene rings is 3. The van der Waals surface area contributed by atoms with Gasteiger partial charge in [0, 0.05) is 47.3 Å². The quantitative estimate of drug-likeness (QED) is 0.266. The number of rotatable bonds is 9. The van der Waals surface area contributed by atoms with E-state index in [1.165, 1.54) is 0 Å². The van der Waals surface area contributed by atoms with Crippen LogP contribution in [-0.2, 0) is 24.2 Å². The minimum Gasteiger partial charge on any atom is -0.489 e. The first kappa shape index (κ1) is 21.8. The maximum Gasteiger partial charge on any atom is 0.237 e. The number of amides is 1. The molecule has 6 heteroatoms. The Labute approximate surface area is 198 Å². The van der Waals surface area contributed by atoms with E-state index in [9.17, 15) is 4.79 Å². The maximum atomic E-state index is 12.5. The zero-order valence-electron chi connectivity index (χ0n) is 18.9. The van der Waals surface area contributed by atoms with Gasteiger partial charge in [0.1, 0.15) is 12.4 Å². The summed E-state index contributed by atoms with van der Waals surface area (Å²) in [5.41, 5.74) is 11.5. The first-order chi connectivity index (χ1) is 16.7. The molecular weight excluding hydrogens is 424 g/mol. The second-order valence-corrected chi connectivity index (χ2v) is 8.53. The van der Waals surface area contributed by atoms with Crippen LogP contribution in [0.25, 0.3) is 21.8 Å². The molecule has 0 aliphatic rings. The van der Waals surface area contributed by atoms with Crippen LogP contribution < -0.4 is 15.8 Å². The Hall–Kier alpha value is -4.03. The number of carbonyl (C=O) groups excluding carboxylic acids is 1. The summed E-state index contributed by atoms with van der Waals surface area (Å²) in [6.07, 6.45) is 3.12. The summed E-state index contributed by atoms with van der Waals surface area (Å²) >= 11 is 0. The van der Waals surface area contributed by atoms with E-state index in [4.69, 9.17) is 10.5 Å². The molecule has 1 amide bonds. The number of carbonyl (C=O) groups is 1. The summed E-state index contributed by atoms with van der Waals surface area (Å²) in [6, 6.07) is 25.7. The van der Waals surface area contributed by atoms with Crippen molar-refractivity contribution in [2.24, 2.45) is 5.73 Å². The molecule has 34 heavy (non-hydrogen) atoms. The summed E-state index contributed by atoms with van der Waals surface area (Å²) in [7, 11) is 0. The van der Waals surface area contributed by atoms with Gasteiger partial charge in [-0.3, -0.25) is 4.79 Å². The van der Waals surface area contributed by atoms with E-state index in [1.807, 2.05) is 79.0 Å². The fourth-order valence-corrected chi connectivity index (χ4v) is 4.21. The lowest BCUT2D eigenvalue weighted by Gasteiger charge is -2.11. The third-order valence-electron chi connectivity index (χ3n) is 6.04. The first-order valence-corrected chi connectivity index (χ1v) is 11.5. The Kier molecular flexibility index (Phi) is 6.31. The topological polar surface area (TPSA) is 95.9 Å². The minimum absolute atomic E-state index is 0.141. The fraction of sp³-hybridized carbons (Fsp3) is 0.179. The third-order valence-corrected chi connectivity index (χ3v) is 6.04. The smallest absolute Gasteiger partial charge is 0.237 e. The number of hydrogen-bond acceptors (Lipinski definition) is 3. The summed E-state index contributed by atoms with van der Waals surface area (Å²) < 4.78 is 5.92. The Morgan fingerprint density at radius 3 is 2.68 bits per heavy atom. The van der Waals surface area contributed by atoms with Crippen LogP contribution in [0.15, 0.2) is 85.1 Å². The van der Waals surface area contributed by atoms with Crippen molar-refractivity contribution in [1.29, 1.82) is 0 Å². The van der Waals surface area contributed by atoms with Crippen LogP contribution in [0.3, 0.4) is 0 Å². The van der Waals surface area contributed by atoms with Crippen LogP contribution in [0.5, 0.6) is 5.75 Å². The van der Waals surface area contributed by atoms with Crippen molar-refractivity contribution in [3.63, 3.8) is 0 Å². The number of fused-ring (bicyclic) bond motifs is 2. The van der Waals surface area contributed by atoms with Gasteiger partial charge in [0.05, 0.1) is 6.04 Å². The van der Waals surface area contributed by atoms with E-state index in [2.05, 4.69) is 21.4 Å². The van der Waals surface area contributed by atoms with E-state index in [0.29, 0.717) is 26.0 Å². The van der Waals surface area contributed by atoms with E-state index in [1.54, 1.807) is 0 Å². The van der Waals surface area contributed by atoms with Crippen LogP contribution in [0, 0.1) is 0 Å². The Morgan fingerprint density at radius 2 is 1.79 bits per heavy atom. The number of aromatic nitrogens is 2. The number of para-hydroxylation sites is 1. The molecule has 172 valence electrons. The summed E-state index contributed by atoms with van der Waals surface area (Å²) in [4.78, 5) is 19.2. The van der Waals surface area contributed by atoms with Gasteiger partial charge in [-0.15, -0.1) is 0 Å². The van der Waals surface area contributed by atoms with Gasteiger partial charge in [-0.2, -0.15) is 0 Å². The average molecular weight is 453 g/mol. The molecule has 2 aromatic heterocycles. The average Bonchev–Trinajstić information content (AvgIpc) is 3.46. The van der Waals surface area contributed by atoms with E-state index in [0.717, 1.165) is 44.4 Å². The highest BCUT2D eigenvalue weighted by atomic mass is 16.5. The minimum atomic E-state index is -0.591. The van der Waals surface area contributed by atoms with Gasteiger partial charge < -0.3 is 25.8 Å². The standard InChI is InChI=1S/C28H28N4O2/c29-25(15-21-17-31-26-9-5-4-8-24(21)26)28(33)30-13-12-22-14-20-10-11-23(16-27(20)32-22)34-18-19-6-2-1-3-7-19/h1-11,14,16-17,25,31-32H,12-13,15,18,29H2,(H,30,33). The molecule has 0 radical (unpaired) electrons. The van der Waals surface area contributed by atoms with Gasteiger partial charge in [0.15, 0.2) is 0 Å². The van der Waals surface area contributed by atoms with Crippen LogP contribution >= 0.6 is 0 Å². The number of ether oxygens (including phenoxy) is 1. The number of hydrogen-bond donors (Lipinski definition) is 4. The van der Waals surface area contributed by atoms with Gasteiger partial charge in [0.2, 0.25) is 5.91 Å². The highest BCUT2D eigenvalue weighted by Crippen LogP contribution is 2.23. The molecule has 5 aromatic rings. The highest BCUT2D eigenvalue weighted by molar-refractivity contribution is 5.86. The molecule has 2 heterocycles. The Balaban J connectivity index is 1.13. The molecule has 0 aliphatic heterocycles. The van der Waals surface area contributed by atoms with Gasteiger partial charge in [-0.25, -0.2) is 0 Å². The van der Waals surface area contributed by atoms with Crippen molar-refractivity contribution in [3.05, 3.63) is 102 Å². The Bertz CT molecular complexity index is 1400. The second kappa shape index (κ2) is 9.85. The normalized spacial score (nSPS) is 12.1. The van der Waals surface area contributed by atoms with Crippen LogP contribution in [0.1, 0.15) is 16.8 Å². The fourth-order valence-electron chi connectivity index (χ4n) is 4.21. The molecule has 5 rings (SSSR count). The lowest BCUT2D eigenvalue weighted by atomic mass is 10.1. The maximum absolute atomic E-state index is 12.5. The molecule has 6 nitrogen and oxygen atoms in total. The number of nitrogens with two attached hydrogens (primary N) is 1. The molecule has 0 saturated heterocycles. The molecule has 1 atom stereocenters. The molecule has 0 bridgehead atoms. The zero-order chi connectivity index (χ0) is 23.3. The molecule has 3 aromatic carbocycles. The van der Waals surface area contributed by atoms with Crippen molar-refractivity contribution in [2.75, 3.05) is 6.54 Å². The van der Waals surface area contributed by atoms with Crippen molar-refractivity contribution in [3.8, 4) is 5.75 Å². The number of aromatic amines is 2. The van der Waals surface area contributed by atoms with Crippen molar-refractivity contribution in [2.45, 2.75) is 25.5 Å². The molecule has 0 aliphatic carbocycles. The SMILES string of the molecule is NC(Cc1c[nH]c2ccccc12)C(=O)NCCc1cc2ccc(OCc3ccccc3)cc2[nH]1. The second-order valence-electron chi connectivity index (χ2n) is 8.53. The summed E-state index contributed by atoms with van der Waals surface area (Å²) in [5.74, 6) is 0.680. The van der Waals surface area contributed by atoms with Gasteiger partial charge >= 0.3 is 0 Å². The first-order valence-electron chi connectivity index (χ1n) is 11.5. The molecule has 0 spiro atoms. The summed E-state index contributed by atoms with van der Waals surface area (Å²) in [5, 5.41) is 5.19. The zero-order valence-corrected chi connectivity index (χ0v) is 18.9. The van der Waals surface area contributed by atoms with Crippen molar-refractivity contribution >= 4 is 27.7 Å². The van der Waals surface area contributed by atoms with Gasteiger partial charge in [0.25, 0.3) is 0 Å². The highest BCUT2D eigenvalue weighted by Gasteiger charge is 2.16. The van der Waals surface area contributed by atoms with Crippen molar-refractivity contribution in [1.82, 2.24) is 15.3 Å². The number of H-pyrrole nitrogens is 2. The van der Waals surface area contributed by atoms with E-state index in [-0.39, 0.29) is 5.91 Å². The molecule has 1 unspecified atom stereocenters. The third kappa shape index (κ3) is 4.97. The molecule has 5 N–H and O–H groups in total. The number of nitrogens with one attached hydrogen (secondary N) is 3. The molecule has 0 fully saturated rings. The van der Waals surface area contributed by atoms with Gasteiger partial charge in [-0.1, -0.05) is 48.5 Å². The molecular formula is C28H28N4O2. The van der Waals surface area contributed by atoms with Crippen LogP contribution in [-0.4, -0.2) is 28.5 Å². The lowest BCUT2D eigenvalue weighted by Crippen LogP contribution is -2.42. The largest absolute Gasteiger partial charge is 0.489 e. The Morgan fingerprint density at radius 1 is 0.971 bits per heavy atom. The lowest BCUT2D eigenvalue weighted by molar-refractivity contribution is -0.122. The van der Waals surface area contributed by atoms with Gasteiger partial charge in [-0.05, 0) is 47.2 Å². The van der Waals surface area contributed by atoms with E-state index < -0.39 is 6.04 Å². The summed E-state index contributed by atoms with van der Waals surface area (Å²) in [6.45, 7) is 1.05. The van der Waals surface area contributed by atoms with Crippen LogP contribution in [0.4, 0.5) is 0 Å². The monoisotopic (exact) mass is 452 g/mol. The molecule has 0 saturated carbocycles. The predicted octanol–water partition coefficient (Wildman–Crippen LogP) is 4.46. The predicted molar refractivity (Wildman–Crippen MR) is 136 cm³/mol. The van der Waals surface area contributed by atoms with Crippen LogP contribution in [0.2, 0.25) is 0 Å².